The van der Waals surface area contributed by atoms with E-state index in [0.29, 0.717) is 18.1 Å². The molecule has 43 heavy (non-hydrogen) atoms. The van der Waals surface area contributed by atoms with E-state index in [4.69, 9.17) is 19.8 Å². The first-order valence-electron chi connectivity index (χ1n) is 14.0. The lowest BCUT2D eigenvalue weighted by Gasteiger charge is -2.48. The Hall–Kier alpha value is -4.35. The molecule has 6 aromatic rings. The van der Waals surface area contributed by atoms with Crippen LogP contribution in [-0.2, 0) is 9.84 Å². The molecular weight excluding hydrogens is 581 g/mol. The van der Waals surface area contributed by atoms with Gasteiger partial charge in [-0.3, -0.25) is 9.97 Å². The van der Waals surface area contributed by atoms with Gasteiger partial charge in [0.2, 0.25) is 0 Å². The van der Waals surface area contributed by atoms with Crippen LogP contribution in [0.1, 0.15) is 12.6 Å². The van der Waals surface area contributed by atoms with E-state index in [-0.39, 0.29) is 17.7 Å². The minimum atomic E-state index is -3.06. The van der Waals surface area contributed by atoms with Crippen molar-refractivity contribution >= 4 is 47.9 Å². The van der Waals surface area contributed by atoms with Crippen molar-refractivity contribution in [3.05, 3.63) is 78.9 Å². The number of nitrogens with zero attached hydrogens (tertiary/aromatic N) is 6. The minimum absolute atomic E-state index is 0.0747. The molecule has 1 fully saturated rings. The predicted octanol–water partition coefficient (Wildman–Crippen LogP) is 5.95. The second kappa shape index (κ2) is 10.4. The Morgan fingerprint density at radius 1 is 1.05 bits per heavy atom. The van der Waals surface area contributed by atoms with E-state index in [1.165, 1.54) is 16.3 Å². The number of ether oxygens (including phenoxy) is 1. The summed E-state index contributed by atoms with van der Waals surface area (Å²) >= 11 is 1.70. The van der Waals surface area contributed by atoms with Crippen LogP contribution < -0.4 is 9.64 Å². The number of rotatable bonds is 7. The van der Waals surface area contributed by atoms with Gasteiger partial charge in [-0.2, -0.15) is 5.10 Å². The average molecular weight is 611 g/mol. The molecule has 0 N–H and O–H groups in total. The standard InChI is InChI=1S/C32H30N6O3S2/c1-19-24-16-34-38(28(24)14-26(35-19)25-15-33-10-9-29(25)41-3)32-13-23(37-17-22(20(37)2)18-43(4,39)40)12-27(36-32)31-11-21-7-5-6-8-30(21)42-31/h5-16,20,22H,17-18H2,1-4H3/t20-,22-/m1/s1. The molecule has 1 aromatic carbocycles. The Kier molecular flexibility index (Phi) is 6.66. The van der Waals surface area contributed by atoms with Gasteiger partial charge in [-0.25, -0.2) is 18.1 Å². The molecule has 218 valence electrons. The first-order chi connectivity index (χ1) is 20.7. The molecule has 0 amide bonds. The van der Waals surface area contributed by atoms with Gasteiger partial charge in [0, 0.05) is 64.7 Å². The van der Waals surface area contributed by atoms with E-state index in [1.54, 1.807) is 30.8 Å². The molecule has 0 unspecified atom stereocenters. The third-order valence-electron chi connectivity index (χ3n) is 8.18. The van der Waals surface area contributed by atoms with Gasteiger partial charge in [-0.15, -0.1) is 11.3 Å². The summed E-state index contributed by atoms with van der Waals surface area (Å²) in [5, 5.41) is 6.87. The highest BCUT2D eigenvalue weighted by molar-refractivity contribution is 7.90. The van der Waals surface area contributed by atoms with Crippen LogP contribution in [0.2, 0.25) is 0 Å². The van der Waals surface area contributed by atoms with Gasteiger partial charge in [-0.05, 0) is 49.6 Å². The average Bonchev–Trinajstić information content (AvgIpc) is 3.63. The number of benzene rings is 1. The third-order valence-corrected chi connectivity index (χ3v) is 10.4. The summed E-state index contributed by atoms with van der Waals surface area (Å²) in [5.41, 5.74) is 5.06. The van der Waals surface area contributed by atoms with Crippen molar-refractivity contribution in [2.75, 3.05) is 30.6 Å². The molecule has 7 rings (SSSR count). The highest BCUT2D eigenvalue weighted by Gasteiger charge is 2.38. The molecule has 2 atom stereocenters. The molecule has 9 nitrogen and oxygen atoms in total. The summed E-state index contributed by atoms with van der Waals surface area (Å²) in [7, 11) is -1.43. The number of pyridine rings is 3. The number of sulfone groups is 1. The number of anilines is 1. The summed E-state index contributed by atoms with van der Waals surface area (Å²) in [6, 6.07) is 18.5. The molecule has 11 heteroatoms. The lowest BCUT2D eigenvalue weighted by Crippen LogP contribution is -2.57. The number of fused-ring (bicyclic) bond motifs is 2. The van der Waals surface area contributed by atoms with Crippen LogP contribution in [0.5, 0.6) is 5.75 Å². The monoisotopic (exact) mass is 610 g/mol. The maximum Gasteiger partial charge on any atom is 0.156 e. The maximum absolute atomic E-state index is 12.0. The zero-order valence-electron chi connectivity index (χ0n) is 24.2. The van der Waals surface area contributed by atoms with Gasteiger partial charge in [-0.1, -0.05) is 18.2 Å². The molecule has 0 bridgehead atoms. The second-order valence-corrected chi connectivity index (χ2v) is 14.4. The molecule has 0 saturated carbocycles. The van der Waals surface area contributed by atoms with Gasteiger partial charge < -0.3 is 9.64 Å². The number of aromatic nitrogens is 5. The quantitative estimate of drug-likeness (QED) is 0.219. The number of hydrogen-bond donors (Lipinski definition) is 0. The summed E-state index contributed by atoms with van der Waals surface area (Å²) in [5.74, 6) is 1.63. The molecular formula is C32H30N6O3S2. The van der Waals surface area contributed by atoms with E-state index >= 15 is 0 Å². The minimum Gasteiger partial charge on any atom is -0.496 e. The van der Waals surface area contributed by atoms with Crippen molar-refractivity contribution in [3.63, 3.8) is 0 Å². The van der Waals surface area contributed by atoms with Crippen molar-refractivity contribution < 1.29 is 13.2 Å². The number of methoxy groups -OCH3 is 1. The van der Waals surface area contributed by atoms with Crippen LogP contribution in [0.3, 0.4) is 0 Å². The van der Waals surface area contributed by atoms with Crippen molar-refractivity contribution in [3.8, 4) is 33.4 Å². The van der Waals surface area contributed by atoms with Crippen LogP contribution in [0, 0.1) is 12.8 Å². The summed E-state index contributed by atoms with van der Waals surface area (Å²) in [4.78, 5) is 17.6. The Labute approximate surface area is 253 Å². The van der Waals surface area contributed by atoms with E-state index in [1.807, 2.05) is 48.1 Å². The maximum atomic E-state index is 12.0. The lowest BCUT2D eigenvalue weighted by molar-refractivity contribution is 0.341. The van der Waals surface area contributed by atoms with E-state index in [0.717, 1.165) is 44.1 Å². The highest BCUT2D eigenvalue weighted by atomic mass is 32.2. The Balaban J connectivity index is 1.38. The van der Waals surface area contributed by atoms with E-state index in [9.17, 15) is 8.42 Å². The van der Waals surface area contributed by atoms with Crippen molar-refractivity contribution in [2.24, 2.45) is 5.92 Å². The van der Waals surface area contributed by atoms with Crippen LogP contribution >= 0.6 is 11.3 Å². The molecule has 1 aliphatic heterocycles. The zero-order chi connectivity index (χ0) is 29.9. The number of aryl methyl sites for hydroxylation is 1. The molecule has 6 heterocycles. The van der Waals surface area contributed by atoms with Crippen LogP contribution in [0.25, 0.3) is 48.6 Å². The lowest BCUT2D eigenvalue weighted by atomic mass is 9.91. The third kappa shape index (κ3) is 5.02. The predicted molar refractivity (Wildman–Crippen MR) is 172 cm³/mol. The Bertz CT molecular complexity index is 2090. The van der Waals surface area contributed by atoms with Crippen molar-refractivity contribution in [2.45, 2.75) is 19.9 Å². The topological polar surface area (TPSA) is 103 Å². The van der Waals surface area contributed by atoms with Crippen LogP contribution in [0.15, 0.2) is 73.2 Å². The molecule has 1 saturated heterocycles. The number of hydrogen-bond acceptors (Lipinski definition) is 9. The second-order valence-electron chi connectivity index (χ2n) is 11.1. The summed E-state index contributed by atoms with van der Waals surface area (Å²) in [6.07, 6.45) is 6.58. The normalized spacial score (nSPS) is 17.0. The van der Waals surface area contributed by atoms with Gasteiger partial charge >= 0.3 is 0 Å². The molecule has 0 spiro atoms. The van der Waals surface area contributed by atoms with Crippen molar-refractivity contribution in [1.29, 1.82) is 0 Å². The number of thiophene rings is 1. The smallest absolute Gasteiger partial charge is 0.156 e. The zero-order valence-corrected chi connectivity index (χ0v) is 25.9. The van der Waals surface area contributed by atoms with Gasteiger partial charge in [0.15, 0.2) is 5.82 Å². The summed E-state index contributed by atoms with van der Waals surface area (Å²) < 4.78 is 32.7. The van der Waals surface area contributed by atoms with Gasteiger partial charge in [0.25, 0.3) is 0 Å². The first-order valence-corrected chi connectivity index (χ1v) is 16.9. The van der Waals surface area contributed by atoms with Crippen molar-refractivity contribution in [1.82, 2.24) is 24.7 Å². The fourth-order valence-electron chi connectivity index (χ4n) is 5.87. The Morgan fingerprint density at radius 3 is 2.65 bits per heavy atom. The highest BCUT2D eigenvalue weighted by Crippen LogP contribution is 2.39. The van der Waals surface area contributed by atoms with Gasteiger partial charge in [0.1, 0.15) is 15.6 Å². The largest absolute Gasteiger partial charge is 0.496 e. The fraction of sp³-hybridized carbons (Fsp3) is 0.250. The molecule has 0 radical (unpaired) electrons. The van der Waals surface area contributed by atoms with Crippen LogP contribution in [-0.4, -0.2) is 64.9 Å². The molecule has 5 aromatic heterocycles. The van der Waals surface area contributed by atoms with Gasteiger partial charge in [0.05, 0.1) is 46.4 Å². The van der Waals surface area contributed by atoms with E-state index in [2.05, 4.69) is 41.1 Å². The molecule has 1 aliphatic rings. The molecule has 0 aliphatic carbocycles. The Morgan fingerprint density at radius 2 is 1.88 bits per heavy atom. The summed E-state index contributed by atoms with van der Waals surface area (Å²) in [6.45, 7) is 4.72. The SMILES string of the molecule is COc1ccncc1-c1cc2c(cnn2-c2cc(N3C[C@H](CS(C)(=O)=O)[C@H]3C)cc(-c3cc4ccccc4s3)n2)c(C)n1. The fourth-order valence-corrected chi connectivity index (χ4v) is 8.06. The first kappa shape index (κ1) is 27.5. The van der Waals surface area contributed by atoms with Crippen LogP contribution in [0.4, 0.5) is 5.69 Å². The van der Waals surface area contributed by atoms with E-state index < -0.39 is 9.84 Å².